The van der Waals surface area contributed by atoms with Gasteiger partial charge in [0.05, 0.1) is 6.61 Å². The van der Waals surface area contributed by atoms with Gasteiger partial charge in [-0.25, -0.2) is 4.79 Å². The van der Waals surface area contributed by atoms with Crippen molar-refractivity contribution in [1.82, 2.24) is 0 Å². The van der Waals surface area contributed by atoms with Crippen LogP contribution in [0.3, 0.4) is 0 Å². The van der Waals surface area contributed by atoms with Crippen molar-refractivity contribution >= 4 is 5.97 Å². The van der Waals surface area contributed by atoms with Gasteiger partial charge in [-0.3, -0.25) is 0 Å². The summed E-state index contributed by atoms with van der Waals surface area (Å²) in [5.41, 5.74) is 1.03. The first kappa shape index (κ1) is 12.6. The smallest absolute Gasteiger partial charge is 0.374 e. The maximum absolute atomic E-state index is 11.5. The van der Waals surface area contributed by atoms with Crippen LogP contribution < -0.4 is 9.47 Å². The van der Waals surface area contributed by atoms with E-state index in [1.54, 1.807) is 19.1 Å². The van der Waals surface area contributed by atoms with Crippen molar-refractivity contribution < 1.29 is 23.4 Å². The molecule has 2 aromatic rings. The number of furan rings is 1. The minimum absolute atomic E-state index is 0.225. The summed E-state index contributed by atoms with van der Waals surface area (Å²) in [6.07, 6.45) is 0.579. The SMILES string of the molecule is CCOC(=O)c1ccc(Cc2ccc3c(c2)OCO3)o1. The molecule has 0 saturated heterocycles. The lowest BCUT2D eigenvalue weighted by Gasteiger charge is -2.01. The Kier molecular flexibility index (Phi) is 3.33. The van der Waals surface area contributed by atoms with Crippen LogP contribution in [0.25, 0.3) is 0 Å². The molecule has 3 rings (SSSR count). The molecule has 1 aliphatic heterocycles. The summed E-state index contributed by atoms with van der Waals surface area (Å²) in [5, 5.41) is 0. The highest BCUT2D eigenvalue weighted by Crippen LogP contribution is 2.33. The van der Waals surface area contributed by atoms with Gasteiger partial charge >= 0.3 is 5.97 Å². The Bertz CT molecular complexity index is 629. The van der Waals surface area contributed by atoms with Crippen molar-refractivity contribution in [1.29, 1.82) is 0 Å². The maximum Gasteiger partial charge on any atom is 0.374 e. The van der Waals surface area contributed by atoms with Crippen molar-refractivity contribution in [3.63, 3.8) is 0 Å². The molecule has 20 heavy (non-hydrogen) atoms. The second-order valence-corrected chi connectivity index (χ2v) is 4.35. The van der Waals surface area contributed by atoms with Crippen LogP contribution in [0.15, 0.2) is 34.7 Å². The monoisotopic (exact) mass is 274 g/mol. The van der Waals surface area contributed by atoms with Crippen LogP contribution in [-0.4, -0.2) is 19.4 Å². The van der Waals surface area contributed by atoms with Gasteiger partial charge in [-0.05, 0) is 36.8 Å². The second-order valence-electron chi connectivity index (χ2n) is 4.35. The summed E-state index contributed by atoms with van der Waals surface area (Å²) in [6, 6.07) is 9.12. The van der Waals surface area contributed by atoms with E-state index in [-0.39, 0.29) is 12.6 Å². The first-order valence-corrected chi connectivity index (χ1v) is 6.40. The van der Waals surface area contributed by atoms with Gasteiger partial charge in [0, 0.05) is 6.42 Å². The van der Waals surface area contributed by atoms with Gasteiger partial charge in [-0.15, -0.1) is 0 Å². The third-order valence-electron chi connectivity index (χ3n) is 2.95. The highest BCUT2D eigenvalue weighted by molar-refractivity contribution is 5.86. The van der Waals surface area contributed by atoms with Crippen molar-refractivity contribution in [2.75, 3.05) is 13.4 Å². The molecule has 104 valence electrons. The molecule has 0 N–H and O–H groups in total. The fourth-order valence-electron chi connectivity index (χ4n) is 2.04. The van der Waals surface area contributed by atoms with Crippen molar-refractivity contribution in [2.45, 2.75) is 13.3 Å². The topological polar surface area (TPSA) is 57.9 Å². The van der Waals surface area contributed by atoms with E-state index >= 15 is 0 Å². The molecule has 1 aromatic heterocycles. The summed E-state index contributed by atoms with van der Waals surface area (Å²) < 4.78 is 20.9. The van der Waals surface area contributed by atoms with Crippen LogP contribution in [0.5, 0.6) is 11.5 Å². The number of ether oxygens (including phenoxy) is 3. The van der Waals surface area contributed by atoms with E-state index in [0.717, 1.165) is 17.1 Å². The normalized spacial score (nSPS) is 12.4. The van der Waals surface area contributed by atoms with E-state index in [0.29, 0.717) is 18.8 Å². The van der Waals surface area contributed by atoms with Gasteiger partial charge in [0.1, 0.15) is 5.76 Å². The molecular formula is C15H14O5. The zero-order valence-electron chi connectivity index (χ0n) is 11.0. The largest absolute Gasteiger partial charge is 0.460 e. The lowest BCUT2D eigenvalue weighted by atomic mass is 10.1. The van der Waals surface area contributed by atoms with E-state index < -0.39 is 5.97 Å². The summed E-state index contributed by atoms with van der Waals surface area (Å²) in [4.78, 5) is 11.5. The van der Waals surface area contributed by atoms with Gasteiger partial charge in [-0.2, -0.15) is 0 Å². The lowest BCUT2D eigenvalue weighted by Crippen LogP contribution is -2.02. The van der Waals surface area contributed by atoms with Crippen LogP contribution in [0, 0.1) is 0 Å². The van der Waals surface area contributed by atoms with Gasteiger partial charge in [-0.1, -0.05) is 6.07 Å². The third kappa shape index (κ3) is 2.47. The molecule has 0 spiro atoms. The van der Waals surface area contributed by atoms with E-state index in [1.807, 2.05) is 18.2 Å². The van der Waals surface area contributed by atoms with E-state index in [1.165, 1.54) is 0 Å². The fraction of sp³-hybridized carbons (Fsp3) is 0.267. The summed E-state index contributed by atoms with van der Waals surface area (Å²) in [5.74, 6) is 1.97. The summed E-state index contributed by atoms with van der Waals surface area (Å²) >= 11 is 0. The van der Waals surface area contributed by atoms with Crippen LogP contribution >= 0.6 is 0 Å². The Balaban J connectivity index is 1.73. The zero-order valence-corrected chi connectivity index (χ0v) is 11.0. The number of fused-ring (bicyclic) bond motifs is 1. The lowest BCUT2D eigenvalue weighted by molar-refractivity contribution is 0.0488. The number of hydrogen-bond acceptors (Lipinski definition) is 5. The van der Waals surface area contributed by atoms with Crippen molar-refractivity contribution in [3.8, 4) is 11.5 Å². The molecule has 1 aliphatic rings. The molecule has 0 radical (unpaired) electrons. The van der Waals surface area contributed by atoms with E-state index in [9.17, 15) is 4.79 Å². The molecule has 2 heterocycles. The molecule has 0 amide bonds. The molecule has 0 aliphatic carbocycles. The number of carbonyl (C=O) groups excluding carboxylic acids is 1. The van der Waals surface area contributed by atoms with Crippen LogP contribution in [-0.2, 0) is 11.2 Å². The van der Waals surface area contributed by atoms with Crippen molar-refractivity contribution in [2.24, 2.45) is 0 Å². The van der Waals surface area contributed by atoms with Gasteiger partial charge < -0.3 is 18.6 Å². The molecule has 5 nitrogen and oxygen atoms in total. The number of carbonyl (C=O) groups is 1. The Hall–Kier alpha value is -2.43. The highest BCUT2D eigenvalue weighted by atomic mass is 16.7. The standard InChI is InChI=1S/C15H14O5/c1-2-17-15(16)13-6-4-11(20-13)7-10-3-5-12-14(8-10)19-9-18-12/h3-6,8H,2,7,9H2,1H3. The van der Waals surface area contributed by atoms with Gasteiger partial charge in [0.25, 0.3) is 0 Å². The summed E-state index contributed by atoms with van der Waals surface area (Å²) in [6.45, 7) is 2.35. The molecule has 1 aromatic carbocycles. The van der Waals surface area contributed by atoms with Crippen LogP contribution in [0.1, 0.15) is 28.8 Å². The highest BCUT2D eigenvalue weighted by Gasteiger charge is 2.15. The van der Waals surface area contributed by atoms with Crippen LogP contribution in [0.4, 0.5) is 0 Å². The van der Waals surface area contributed by atoms with Gasteiger partial charge in [0.15, 0.2) is 11.5 Å². The Labute approximate surface area is 116 Å². The third-order valence-corrected chi connectivity index (χ3v) is 2.95. The number of benzene rings is 1. The average molecular weight is 274 g/mol. The second kappa shape index (κ2) is 5.28. The minimum Gasteiger partial charge on any atom is -0.460 e. The van der Waals surface area contributed by atoms with E-state index in [4.69, 9.17) is 18.6 Å². The quantitative estimate of drug-likeness (QED) is 0.802. The maximum atomic E-state index is 11.5. The van der Waals surface area contributed by atoms with Gasteiger partial charge in [0.2, 0.25) is 12.6 Å². The first-order chi connectivity index (χ1) is 9.76. The van der Waals surface area contributed by atoms with E-state index in [2.05, 4.69) is 0 Å². The fourth-order valence-corrected chi connectivity index (χ4v) is 2.04. The number of esters is 1. The first-order valence-electron chi connectivity index (χ1n) is 6.40. The average Bonchev–Trinajstić information content (AvgIpc) is 3.07. The minimum atomic E-state index is -0.440. The number of hydrogen-bond donors (Lipinski definition) is 0. The molecule has 0 bridgehead atoms. The molecule has 0 atom stereocenters. The Morgan fingerprint density at radius 3 is 2.90 bits per heavy atom. The predicted molar refractivity (Wildman–Crippen MR) is 70.0 cm³/mol. The molecule has 5 heteroatoms. The Morgan fingerprint density at radius 2 is 2.05 bits per heavy atom. The molecule has 0 unspecified atom stereocenters. The molecule has 0 saturated carbocycles. The molecule has 0 fully saturated rings. The predicted octanol–water partition coefficient (Wildman–Crippen LogP) is 2.78. The Morgan fingerprint density at radius 1 is 1.20 bits per heavy atom. The van der Waals surface area contributed by atoms with Crippen LogP contribution in [0.2, 0.25) is 0 Å². The molecular weight excluding hydrogens is 260 g/mol. The van der Waals surface area contributed by atoms with Crippen molar-refractivity contribution in [3.05, 3.63) is 47.4 Å². The zero-order chi connectivity index (χ0) is 13.9. The summed E-state index contributed by atoms with van der Waals surface area (Å²) in [7, 11) is 0. The number of rotatable bonds is 4.